The number of hydrogen-bond acceptors (Lipinski definition) is 6. The molecule has 1 aromatic carbocycles. The summed E-state index contributed by atoms with van der Waals surface area (Å²) < 4.78 is 4.93. The molecule has 2 rings (SSSR count). The minimum atomic E-state index is -0.925. The number of phenolic OH excluding ortho intramolecular Hbond substituents is 2. The van der Waals surface area contributed by atoms with Crippen molar-refractivity contribution in [2.24, 2.45) is 0 Å². The van der Waals surface area contributed by atoms with E-state index in [1.54, 1.807) is 6.07 Å². The summed E-state index contributed by atoms with van der Waals surface area (Å²) in [5.74, 6) is -1.20. The highest BCUT2D eigenvalue weighted by atomic mass is 16.5. The summed E-state index contributed by atoms with van der Waals surface area (Å²) in [6.07, 6.45) is 2.75. The molecule has 0 aliphatic carbocycles. The van der Waals surface area contributed by atoms with Gasteiger partial charge in [0.2, 0.25) is 5.91 Å². The Balaban J connectivity index is 2.05. The zero-order chi connectivity index (χ0) is 16.1. The molecule has 1 amide bonds. The van der Waals surface area contributed by atoms with Gasteiger partial charge in [-0.05, 0) is 23.8 Å². The molecule has 1 aliphatic rings. The third-order valence-corrected chi connectivity index (χ3v) is 3.30. The van der Waals surface area contributed by atoms with Crippen molar-refractivity contribution in [1.82, 2.24) is 10.2 Å². The molecule has 118 valence electrons. The number of nitrogens with zero attached hydrogens (tertiary/aromatic N) is 1. The van der Waals surface area contributed by atoms with E-state index < -0.39 is 6.04 Å². The second-order valence-corrected chi connectivity index (χ2v) is 4.89. The van der Waals surface area contributed by atoms with Crippen molar-refractivity contribution in [3.63, 3.8) is 0 Å². The van der Waals surface area contributed by atoms with E-state index in [0.29, 0.717) is 18.7 Å². The lowest BCUT2D eigenvalue weighted by molar-refractivity contribution is -0.143. The van der Waals surface area contributed by atoms with Crippen LogP contribution in [0.5, 0.6) is 11.5 Å². The van der Waals surface area contributed by atoms with Crippen LogP contribution in [0, 0.1) is 0 Å². The van der Waals surface area contributed by atoms with E-state index in [1.807, 2.05) is 0 Å². The van der Waals surface area contributed by atoms with E-state index in [9.17, 15) is 19.8 Å². The van der Waals surface area contributed by atoms with Gasteiger partial charge in [-0.1, -0.05) is 12.1 Å². The Labute approximate surface area is 127 Å². The molecular formula is C15H18N2O5. The number of amides is 1. The van der Waals surface area contributed by atoms with Gasteiger partial charge in [0.25, 0.3) is 0 Å². The quantitative estimate of drug-likeness (QED) is 0.405. The number of aromatic hydroxyl groups is 2. The number of ether oxygens (including phenoxy) is 1. The number of methoxy groups -OCH3 is 1. The van der Waals surface area contributed by atoms with Gasteiger partial charge in [-0.15, -0.1) is 0 Å². The third kappa shape index (κ3) is 3.63. The molecule has 0 radical (unpaired) electrons. The molecule has 0 bridgehead atoms. The van der Waals surface area contributed by atoms with E-state index >= 15 is 0 Å². The predicted molar refractivity (Wildman–Crippen MR) is 79.2 cm³/mol. The molecule has 1 aliphatic heterocycles. The molecule has 7 heteroatoms. The van der Waals surface area contributed by atoms with Crippen LogP contribution in [-0.4, -0.2) is 59.8 Å². The van der Waals surface area contributed by atoms with Crippen molar-refractivity contribution in [3.05, 3.63) is 29.8 Å². The highest BCUT2D eigenvalue weighted by molar-refractivity contribution is 6.12. The van der Waals surface area contributed by atoms with Crippen LogP contribution in [0.2, 0.25) is 0 Å². The number of hydrogen-bond donors (Lipinski definition) is 3. The van der Waals surface area contributed by atoms with Crippen molar-refractivity contribution in [2.75, 3.05) is 26.9 Å². The van der Waals surface area contributed by atoms with E-state index in [2.05, 4.69) is 5.32 Å². The maximum absolute atomic E-state index is 12.1. The average molecular weight is 306 g/mol. The molecule has 3 N–H and O–H groups in total. The second kappa shape index (κ2) is 7.06. The second-order valence-electron chi connectivity index (χ2n) is 4.89. The topological polar surface area (TPSA) is 99.1 Å². The fourth-order valence-electron chi connectivity index (χ4n) is 2.15. The highest BCUT2D eigenvalue weighted by Gasteiger charge is 2.32. The first kappa shape index (κ1) is 16.0. The number of ketones is 1. The Morgan fingerprint density at radius 3 is 2.91 bits per heavy atom. The molecule has 0 spiro atoms. The van der Waals surface area contributed by atoms with Gasteiger partial charge in [0.1, 0.15) is 6.73 Å². The predicted octanol–water partition coefficient (Wildman–Crippen LogP) is 0.0844. The minimum Gasteiger partial charge on any atom is -0.504 e. The normalized spacial score (nSPS) is 18.9. The molecule has 1 atom stereocenters. The number of benzene rings is 1. The van der Waals surface area contributed by atoms with Crippen LogP contribution in [0.4, 0.5) is 0 Å². The number of carbonyl (C=O) groups excluding carboxylic acids is 2. The number of rotatable bonds is 5. The van der Waals surface area contributed by atoms with Crippen molar-refractivity contribution < 1.29 is 24.5 Å². The summed E-state index contributed by atoms with van der Waals surface area (Å²) in [7, 11) is 1.49. The fraction of sp³-hybridized carbons (Fsp3) is 0.333. The standard InChI is InChI=1S/C15H18N2O5/c1-22-9-17-7-6-16-14(15(17)21)12(19)5-3-10-2-4-11(18)13(20)8-10/h2-5,8,14,16,18,20H,6-7,9H2,1H3/b5-3+/t14-/m0/s1. The van der Waals surface area contributed by atoms with Gasteiger partial charge in [-0.2, -0.15) is 0 Å². The molecule has 0 aromatic heterocycles. The van der Waals surface area contributed by atoms with Crippen LogP contribution in [0.1, 0.15) is 5.56 Å². The Morgan fingerprint density at radius 1 is 1.45 bits per heavy atom. The lowest BCUT2D eigenvalue weighted by Crippen LogP contribution is -2.58. The van der Waals surface area contributed by atoms with E-state index in [4.69, 9.17) is 4.74 Å². The Kier molecular flexibility index (Phi) is 5.13. The van der Waals surface area contributed by atoms with E-state index in [0.717, 1.165) is 0 Å². The van der Waals surface area contributed by atoms with Crippen LogP contribution in [0.25, 0.3) is 6.08 Å². The summed E-state index contributed by atoms with van der Waals surface area (Å²) in [6, 6.07) is 3.27. The first-order valence-corrected chi connectivity index (χ1v) is 6.78. The maximum atomic E-state index is 12.1. The minimum absolute atomic E-state index is 0.153. The van der Waals surface area contributed by atoms with Gasteiger partial charge in [0, 0.05) is 20.2 Å². The summed E-state index contributed by atoms with van der Waals surface area (Å²) in [4.78, 5) is 25.7. The largest absolute Gasteiger partial charge is 0.504 e. The van der Waals surface area contributed by atoms with E-state index in [-0.39, 0.29) is 29.9 Å². The van der Waals surface area contributed by atoms with Gasteiger partial charge in [0.05, 0.1) is 0 Å². The molecule has 1 heterocycles. The van der Waals surface area contributed by atoms with Crippen molar-refractivity contribution in [3.8, 4) is 11.5 Å². The molecule has 0 saturated carbocycles. The molecule has 1 aromatic rings. The van der Waals surface area contributed by atoms with Crippen LogP contribution in [0.15, 0.2) is 24.3 Å². The van der Waals surface area contributed by atoms with Crippen LogP contribution in [-0.2, 0) is 14.3 Å². The zero-order valence-electron chi connectivity index (χ0n) is 12.2. The Hall–Kier alpha value is -2.38. The smallest absolute Gasteiger partial charge is 0.249 e. The van der Waals surface area contributed by atoms with Crippen molar-refractivity contribution in [1.29, 1.82) is 0 Å². The number of phenols is 2. The van der Waals surface area contributed by atoms with Gasteiger partial charge < -0.3 is 19.8 Å². The number of nitrogens with one attached hydrogen (secondary N) is 1. The van der Waals surface area contributed by atoms with Gasteiger partial charge in [-0.3, -0.25) is 14.9 Å². The van der Waals surface area contributed by atoms with Crippen molar-refractivity contribution >= 4 is 17.8 Å². The fourth-order valence-corrected chi connectivity index (χ4v) is 2.15. The summed E-state index contributed by atoms with van der Waals surface area (Å²) in [6.45, 7) is 1.16. The Bertz CT molecular complexity index is 598. The maximum Gasteiger partial charge on any atom is 0.249 e. The lowest BCUT2D eigenvalue weighted by atomic mass is 10.1. The first-order valence-electron chi connectivity index (χ1n) is 6.78. The van der Waals surface area contributed by atoms with Crippen LogP contribution < -0.4 is 5.32 Å². The molecule has 0 unspecified atom stereocenters. The van der Waals surface area contributed by atoms with Crippen LogP contribution in [0.3, 0.4) is 0 Å². The van der Waals surface area contributed by atoms with E-state index in [1.165, 1.54) is 36.3 Å². The van der Waals surface area contributed by atoms with Gasteiger partial charge in [-0.25, -0.2) is 0 Å². The number of piperazine rings is 1. The van der Waals surface area contributed by atoms with Gasteiger partial charge in [0.15, 0.2) is 23.3 Å². The molecular weight excluding hydrogens is 288 g/mol. The highest BCUT2D eigenvalue weighted by Crippen LogP contribution is 2.25. The molecule has 22 heavy (non-hydrogen) atoms. The lowest BCUT2D eigenvalue weighted by Gasteiger charge is -2.31. The van der Waals surface area contributed by atoms with Crippen LogP contribution >= 0.6 is 0 Å². The van der Waals surface area contributed by atoms with Crippen molar-refractivity contribution in [2.45, 2.75) is 6.04 Å². The average Bonchev–Trinajstić information content (AvgIpc) is 2.50. The third-order valence-electron chi connectivity index (χ3n) is 3.30. The molecule has 1 saturated heterocycles. The molecule has 1 fully saturated rings. The first-order chi connectivity index (χ1) is 10.5. The zero-order valence-corrected chi connectivity index (χ0v) is 12.2. The summed E-state index contributed by atoms with van der Waals surface area (Å²) in [5, 5.41) is 21.5. The Morgan fingerprint density at radius 2 is 2.23 bits per heavy atom. The summed E-state index contributed by atoms with van der Waals surface area (Å²) in [5.41, 5.74) is 0.542. The summed E-state index contributed by atoms with van der Waals surface area (Å²) >= 11 is 0. The number of carbonyl (C=O) groups is 2. The monoisotopic (exact) mass is 306 g/mol. The van der Waals surface area contributed by atoms with Gasteiger partial charge >= 0.3 is 0 Å². The molecule has 7 nitrogen and oxygen atoms in total. The SMILES string of the molecule is COCN1CCN[C@@H](C(=O)/C=C/c2ccc(O)c(O)c2)C1=O.